The maximum atomic E-state index is 12.8. The molecule has 3 rings (SSSR count). The average Bonchev–Trinajstić information content (AvgIpc) is 2.75. The first-order chi connectivity index (χ1) is 13.7. The van der Waals surface area contributed by atoms with E-state index in [-0.39, 0.29) is 24.4 Å². The molecule has 0 bridgehead atoms. The second-order valence-electron chi connectivity index (χ2n) is 7.02. The molecule has 1 heterocycles. The van der Waals surface area contributed by atoms with Crippen molar-refractivity contribution in [3.63, 3.8) is 0 Å². The molecule has 1 fully saturated rings. The number of halogens is 1. The van der Waals surface area contributed by atoms with Gasteiger partial charge in [0.2, 0.25) is 0 Å². The minimum absolute atomic E-state index is 0. The average molecular weight is 419 g/mol. The van der Waals surface area contributed by atoms with Crippen LogP contribution in [0.2, 0.25) is 0 Å². The molecular formula is C23H31ClN2O3. The van der Waals surface area contributed by atoms with E-state index in [1.54, 1.807) is 7.11 Å². The molecule has 1 saturated heterocycles. The van der Waals surface area contributed by atoms with Gasteiger partial charge in [-0.25, -0.2) is 0 Å². The first-order valence-corrected chi connectivity index (χ1v) is 10.1. The molecular weight excluding hydrogens is 388 g/mol. The zero-order chi connectivity index (χ0) is 19.8. The van der Waals surface area contributed by atoms with Gasteiger partial charge in [-0.2, -0.15) is 0 Å². The van der Waals surface area contributed by atoms with Crippen molar-refractivity contribution in [2.45, 2.75) is 32.2 Å². The summed E-state index contributed by atoms with van der Waals surface area (Å²) >= 11 is 0. The maximum absolute atomic E-state index is 12.8. The molecule has 0 radical (unpaired) electrons. The van der Waals surface area contributed by atoms with Gasteiger partial charge in [-0.05, 0) is 62.7 Å². The Hall–Kier alpha value is -2.24. The van der Waals surface area contributed by atoms with Crippen LogP contribution < -0.4 is 14.8 Å². The Morgan fingerprint density at radius 3 is 2.41 bits per heavy atom. The summed E-state index contributed by atoms with van der Waals surface area (Å²) in [6.07, 6.45) is 3.68. The zero-order valence-electron chi connectivity index (χ0n) is 17.2. The van der Waals surface area contributed by atoms with Crippen LogP contribution in [0.5, 0.6) is 11.5 Å². The molecule has 6 heteroatoms. The van der Waals surface area contributed by atoms with Crippen LogP contribution >= 0.6 is 12.4 Å². The van der Waals surface area contributed by atoms with Crippen molar-refractivity contribution >= 4 is 18.3 Å². The lowest BCUT2D eigenvalue weighted by Gasteiger charge is -2.35. The fourth-order valence-electron chi connectivity index (χ4n) is 3.73. The number of methoxy groups -OCH3 is 1. The highest BCUT2D eigenvalue weighted by Gasteiger charge is 2.23. The van der Waals surface area contributed by atoms with Crippen molar-refractivity contribution in [2.75, 3.05) is 33.4 Å². The van der Waals surface area contributed by atoms with Gasteiger partial charge in [0.25, 0.3) is 5.91 Å². The lowest BCUT2D eigenvalue weighted by Crippen LogP contribution is -2.40. The number of piperidine rings is 1. The fourth-order valence-corrected chi connectivity index (χ4v) is 3.73. The molecule has 1 atom stereocenters. The molecule has 0 spiro atoms. The number of ether oxygens (including phenoxy) is 2. The Labute approximate surface area is 179 Å². The van der Waals surface area contributed by atoms with E-state index >= 15 is 0 Å². The number of amides is 1. The minimum atomic E-state index is -0.0976. The van der Waals surface area contributed by atoms with E-state index in [1.165, 1.54) is 24.8 Å². The predicted octanol–water partition coefficient (Wildman–Crippen LogP) is 4.47. The van der Waals surface area contributed by atoms with Gasteiger partial charge in [-0.15, -0.1) is 12.4 Å². The van der Waals surface area contributed by atoms with Crippen molar-refractivity contribution in [1.29, 1.82) is 0 Å². The molecule has 0 aromatic heterocycles. The third-order valence-corrected chi connectivity index (χ3v) is 5.22. The molecule has 0 aliphatic carbocycles. The largest absolute Gasteiger partial charge is 0.497 e. The van der Waals surface area contributed by atoms with Crippen LogP contribution in [-0.4, -0.2) is 44.2 Å². The second-order valence-corrected chi connectivity index (χ2v) is 7.02. The lowest BCUT2D eigenvalue weighted by atomic mass is 10.0. The molecule has 29 heavy (non-hydrogen) atoms. The highest BCUT2D eigenvalue weighted by Crippen LogP contribution is 2.26. The van der Waals surface area contributed by atoms with Crippen LogP contribution in [-0.2, 0) is 0 Å². The van der Waals surface area contributed by atoms with Gasteiger partial charge in [0, 0.05) is 6.54 Å². The Morgan fingerprint density at radius 1 is 1.07 bits per heavy atom. The van der Waals surface area contributed by atoms with Crippen molar-refractivity contribution in [3.8, 4) is 11.5 Å². The number of carbonyl (C=O) groups is 1. The summed E-state index contributed by atoms with van der Waals surface area (Å²) < 4.78 is 10.9. The second kappa shape index (κ2) is 11.7. The fraction of sp³-hybridized carbons (Fsp3) is 0.435. The first kappa shape index (κ1) is 23.0. The number of hydrogen-bond donors (Lipinski definition) is 1. The molecule has 1 N–H and O–H groups in total. The van der Waals surface area contributed by atoms with Gasteiger partial charge in [0.15, 0.2) is 0 Å². The van der Waals surface area contributed by atoms with Crippen LogP contribution in [0.4, 0.5) is 0 Å². The van der Waals surface area contributed by atoms with Crippen LogP contribution in [0.3, 0.4) is 0 Å². The lowest BCUT2D eigenvalue weighted by molar-refractivity contribution is 0.0920. The van der Waals surface area contributed by atoms with Gasteiger partial charge in [0.1, 0.15) is 11.5 Å². The number of benzene rings is 2. The maximum Gasteiger partial charge on any atom is 0.255 e. The quantitative estimate of drug-likeness (QED) is 0.687. The number of likely N-dealkylation sites (tertiary alicyclic amines) is 1. The van der Waals surface area contributed by atoms with Gasteiger partial charge in [0.05, 0.1) is 25.3 Å². The number of hydrogen-bond acceptors (Lipinski definition) is 4. The van der Waals surface area contributed by atoms with Crippen molar-refractivity contribution < 1.29 is 14.3 Å². The third kappa shape index (κ3) is 6.12. The van der Waals surface area contributed by atoms with Gasteiger partial charge < -0.3 is 14.8 Å². The minimum Gasteiger partial charge on any atom is -0.497 e. The van der Waals surface area contributed by atoms with Crippen molar-refractivity contribution in [3.05, 3.63) is 59.7 Å². The Balaban J connectivity index is 0.00000300. The van der Waals surface area contributed by atoms with Crippen LogP contribution in [0.25, 0.3) is 0 Å². The zero-order valence-corrected chi connectivity index (χ0v) is 18.0. The van der Waals surface area contributed by atoms with E-state index in [9.17, 15) is 4.79 Å². The summed E-state index contributed by atoms with van der Waals surface area (Å²) in [5.41, 5.74) is 1.78. The van der Waals surface area contributed by atoms with Gasteiger partial charge in [-0.3, -0.25) is 9.69 Å². The molecule has 1 aliphatic heterocycles. The number of nitrogens with one attached hydrogen (secondary N) is 1. The van der Waals surface area contributed by atoms with E-state index in [0.29, 0.717) is 24.5 Å². The summed E-state index contributed by atoms with van der Waals surface area (Å²) in [5.74, 6) is 1.37. The molecule has 158 valence electrons. The summed E-state index contributed by atoms with van der Waals surface area (Å²) in [5, 5.41) is 3.13. The molecule has 1 amide bonds. The SMILES string of the molecule is CCOc1ccccc1C(=O)NCC(c1ccc(OC)cc1)N1CCCCC1.Cl. The summed E-state index contributed by atoms with van der Waals surface area (Å²) in [6.45, 7) is 5.13. The number of rotatable bonds is 8. The molecule has 2 aromatic rings. The smallest absolute Gasteiger partial charge is 0.255 e. The molecule has 0 saturated carbocycles. The highest BCUT2D eigenvalue weighted by molar-refractivity contribution is 5.96. The topological polar surface area (TPSA) is 50.8 Å². The Kier molecular flexibility index (Phi) is 9.29. The Morgan fingerprint density at radius 2 is 1.76 bits per heavy atom. The van der Waals surface area contributed by atoms with Crippen LogP contribution in [0.1, 0.15) is 48.1 Å². The third-order valence-electron chi connectivity index (χ3n) is 5.22. The highest BCUT2D eigenvalue weighted by atomic mass is 35.5. The molecule has 1 unspecified atom stereocenters. The van der Waals surface area contributed by atoms with E-state index in [1.807, 2.05) is 43.3 Å². The first-order valence-electron chi connectivity index (χ1n) is 10.1. The Bertz CT molecular complexity index is 761. The van der Waals surface area contributed by atoms with Crippen LogP contribution in [0.15, 0.2) is 48.5 Å². The summed E-state index contributed by atoms with van der Waals surface area (Å²) in [7, 11) is 1.67. The van der Waals surface area contributed by atoms with Crippen molar-refractivity contribution in [2.24, 2.45) is 0 Å². The van der Waals surface area contributed by atoms with Crippen LogP contribution in [0, 0.1) is 0 Å². The van der Waals surface area contributed by atoms with E-state index in [0.717, 1.165) is 18.8 Å². The summed E-state index contributed by atoms with van der Waals surface area (Å²) in [4.78, 5) is 15.3. The molecule has 5 nitrogen and oxygen atoms in total. The number of para-hydroxylation sites is 1. The van der Waals surface area contributed by atoms with Crippen molar-refractivity contribution in [1.82, 2.24) is 10.2 Å². The molecule has 2 aromatic carbocycles. The summed E-state index contributed by atoms with van der Waals surface area (Å²) in [6, 6.07) is 15.7. The van der Waals surface area contributed by atoms with E-state index in [2.05, 4.69) is 22.3 Å². The normalized spacial score (nSPS) is 15.1. The van der Waals surface area contributed by atoms with E-state index < -0.39 is 0 Å². The van der Waals surface area contributed by atoms with E-state index in [4.69, 9.17) is 9.47 Å². The number of nitrogens with zero attached hydrogens (tertiary/aromatic N) is 1. The standard InChI is InChI=1S/C23H30N2O3.ClH/c1-3-28-22-10-6-5-9-20(22)23(26)24-17-21(25-15-7-4-8-16-25)18-11-13-19(27-2)14-12-18;/h5-6,9-14,21H,3-4,7-8,15-17H2,1-2H3,(H,24,26);1H. The molecule has 1 aliphatic rings. The van der Waals surface area contributed by atoms with Gasteiger partial charge >= 0.3 is 0 Å². The number of carbonyl (C=O) groups excluding carboxylic acids is 1. The predicted molar refractivity (Wildman–Crippen MR) is 118 cm³/mol. The monoisotopic (exact) mass is 418 g/mol. The van der Waals surface area contributed by atoms with Gasteiger partial charge in [-0.1, -0.05) is 30.7 Å².